The Hall–Kier alpha value is -1.02. The van der Waals surface area contributed by atoms with Crippen LogP contribution in [0.1, 0.15) is 50.5 Å². The van der Waals surface area contributed by atoms with Gasteiger partial charge in [-0.25, -0.2) is 0 Å². The van der Waals surface area contributed by atoms with Gasteiger partial charge in [-0.1, -0.05) is 45.9 Å². The molecule has 0 bridgehead atoms. The lowest BCUT2D eigenvalue weighted by Gasteiger charge is -2.24. The van der Waals surface area contributed by atoms with E-state index in [1.165, 1.54) is 0 Å². The maximum absolute atomic E-state index is 12.4. The van der Waals surface area contributed by atoms with Gasteiger partial charge < -0.3 is 5.32 Å². The van der Waals surface area contributed by atoms with Crippen LogP contribution in [0.25, 0.3) is 0 Å². The molecular weight excluding hydrogens is 258 g/mol. The highest BCUT2D eigenvalue weighted by Gasteiger charge is 2.22. The van der Waals surface area contributed by atoms with Crippen molar-refractivity contribution < 1.29 is 4.79 Å². The van der Waals surface area contributed by atoms with Crippen molar-refractivity contribution in [1.29, 1.82) is 0 Å². The van der Waals surface area contributed by atoms with E-state index in [1.807, 2.05) is 38.1 Å². The number of halogens is 1. The van der Waals surface area contributed by atoms with E-state index in [0.29, 0.717) is 5.88 Å². The van der Waals surface area contributed by atoms with Gasteiger partial charge in [0.05, 0.1) is 0 Å². The molecule has 0 aliphatic rings. The predicted octanol–water partition coefficient (Wildman–Crippen LogP) is 3.98. The Morgan fingerprint density at radius 2 is 1.84 bits per heavy atom. The fourth-order valence-electron chi connectivity index (χ4n) is 1.90. The van der Waals surface area contributed by atoms with Crippen molar-refractivity contribution in [3.63, 3.8) is 0 Å². The number of alkyl halides is 1. The van der Waals surface area contributed by atoms with Crippen LogP contribution in [0.4, 0.5) is 0 Å². The number of hydrogen-bond acceptors (Lipinski definition) is 1. The van der Waals surface area contributed by atoms with Crippen molar-refractivity contribution in [1.82, 2.24) is 5.32 Å². The van der Waals surface area contributed by atoms with Crippen LogP contribution in [0, 0.1) is 5.92 Å². The highest BCUT2D eigenvalue weighted by atomic mass is 35.5. The average Bonchev–Trinajstić information content (AvgIpc) is 2.36. The van der Waals surface area contributed by atoms with Gasteiger partial charge in [0.25, 0.3) is 5.91 Å². The smallest absolute Gasteiger partial charge is 0.251 e. The van der Waals surface area contributed by atoms with Crippen molar-refractivity contribution in [3.8, 4) is 0 Å². The lowest BCUT2D eigenvalue weighted by Crippen LogP contribution is -2.38. The Balaban J connectivity index is 2.95. The van der Waals surface area contributed by atoms with E-state index in [4.69, 9.17) is 11.6 Å². The summed E-state index contributed by atoms with van der Waals surface area (Å²) in [6.07, 6.45) is 0. The number of benzene rings is 1. The molecule has 0 aromatic heterocycles. The van der Waals surface area contributed by atoms with E-state index in [2.05, 4.69) is 26.1 Å². The van der Waals surface area contributed by atoms with E-state index in [9.17, 15) is 4.79 Å². The fourth-order valence-corrected chi connectivity index (χ4v) is 2.16. The van der Waals surface area contributed by atoms with Gasteiger partial charge in [0.15, 0.2) is 0 Å². The van der Waals surface area contributed by atoms with Gasteiger partial charge in [-0.3, -0.25) is 4.79 Å². The standard InChI is InChI=1S/C16H24ClNO/c1-11(10-17)12(2)18-15(19)13-8-6-7-9-14(13)16(3,4)5/h6-9,11-12H,10H2,1-5H3,(H,18,19). The van der Waals surface area contributed by atoms with Crippen LogP contribution in [-0.2, 0) is 5.41 Å². The molecule has 0 saturated carbocycles. The number of rotatable bonds is 4. The minimum absolute atomic E-state index is 0.0185. The third-order valence-corrected chi connectivity index (χ3v) is 3.92. The summed E-state index contributed by atoms with van der Waals surface area (Å²) < 4.78 is 0. The maximum atomic E-state index is 12.4. The van der Waals surface area contributed by atoms with E-state index >= 15 is 0 Å². The summed E-state index contributed by atoms with van der Waals surface area (Å²) in [5, 5.41) is 3.04. The van der Waals surface area contributed by atoms with Crippen LogP contribution in [-0.4, -0.2) is 17.8 Å². The van der Waals surface area contributed by atoms with Gasteiger partial charge in [0, 0.05) is 17.5 Å². The topological polar surface area (TPSA) is 29.1 Å². The minimum atomic E-state index is -0.0464. The van der Waals surface area contributed by atoms with Crippen LogP contribution in [0.15, 0.2) is 24.3 Å². The SMILES string of the molecule is CC(CCl)C(C)NC(=O)c1ccccc1C(C)(C)C. The molecule has 2 nitrogen and oxygen atoms in total. The molecule has 1 N–H and O–H groups in total. The summed E-state index contributed by atoms with van der Waals surface area (Å²) in [5.41, 5.74) is 1.77. The summed E-state index contributed by atoms with van der Waals surface area (Å²) in [4.78, 5) is 12.4. The number of carbonyl (C=O) groups excluding carboxylic acids is 1. The monoisotopic (exact) mass is 281 g/mol. The quantitative estimate of drug-likeness (QED) is 0.831. The second kappa shape index (κ2) is 6.42. The summed E-state index contributed by atoms with van der Waals surface area (Å²) in [6.45, 7) is 10.4. The van der Waals surface area contributed by atoms with E-state index in [0.717, 1.165) is 11.1 Å². The van der Waals surface area contributed by atoms with Crippen LogP contribution < -0.4 is 5.32 Å². The van der Waals surface area contributed by atoms with E-state index < -0.39 is 0 Å². The molecule has 1 aromatic rings. The lowest BCUT2D eigenvalue weighted by molar-refractivity contribution is 0.0928. The van der Waals surface area contributed by atoms with Crippen LogP contribution in [0.3, 0.4) is 0 Å². The zero-order valence-corrected chi connectivity index (χ0v) is 13.2. The van der Waals surface area contributed by atoms with Crippen LogP contribution in [0.5, 0.6) is 0 Å². The molecule has 0 aliphatic heterocycles. The van der Waals surface area contributed by atoms with Crippen molar-refractivity contribution in [3.05, 3.63) is 35.4 Å². The normalized spacial score (nSPS) is 14.8. The van der Waals surface area contributed by atoms with Crippen molar-refractivity contribution in [2.24, 2.45) is 5.92 Å². The summed E-state index contributed by atoms with van der Waals surface area (Å²) >= 11 is 5.83. The average molecular weight is 282 g/mol. The second-order valence-electron chi connectivity index (χ2n) is 6.19. The molecule has 3 heteroatoms. The molecule has 1 rings (SSSR count). The summed E-state index contributed by atoms with van der Waals surface area (Å²) in [5.74, 6) is 0.782. The Labute approximate surface area is 121 Å². The zero-order chi connectivity index (χ0) is 14.6. The molecule has 2 unspecified atom stereocenters. The van der Waals surface area contributed by atoms with Gasteiger partial charge in [-0.05, 0) is 29.9 Å². The van der Waals surface area contributed by atoms with Gasteiger partial charge in [0.1, 0.15) is 0 Å². The van der Waals surface area contributed by atoms with E-state index in [1.54, 1.807) is 0 Å². The molecule has 0 radical (unpaired) electrons. The first-order chi connectivity index (χ1) is 8.77. The molecule has 0 spiro atoms. The molecular formula is C16H24ClNO. The van der Waals surface area contributed by atoms with Gasteiger partial charge >= 0.3 is 0 Å². The number of amides is 1. The highest BCUT2D eigenvalue weighted by molar-refractivity contribution is 6.18. The van der Waals surface area contributed by atoms with Gasteiger partial charge in [0.2, 0.25) is 0 Å². The third-order valence-electron chi connectivity index (χ3n) is 3.44. The first-order valence-corrected chi connectivity index (χ1v) is 7.27. The number of hydrogen-bond donors (Lipinski definition) is 1. The molecule has 2 atom stereocenters. The van der Waals surface area contributed by atoms with Crippen molar-refractivity contribution >= 4 is 17.5 Å². The predicted molar refractivity (Wildman–Crippen MR) is 82.0 cm³/mol. The molecule has 0 saturated heterocycles. The first-order valence-electron chi connectivity index (χ1n) is 6.73. The zero-order valence-electron chi connectivity index (χ0n) is 12.5. The van der Waals surface area contributed by atoms with Crippen molar-refractivity contribution in [2.45, 2.75) is 46.1 Å². The molecule has 19 heavy (non-hydrogen) atoms. The van der Waals surface area contributed by atoms with Crippen LogP contribution in [0.2, 0.25) is 0 Å². The lowest BCUT2D eigenvalue weighted by atomic mass is 9.83. The summed E-state index contributed by atoms with van der Waals surface area (Å²) in [6, 6.07) is 7.85. The maximum Gasteiger partial charge on any atom is 0.251 e. The molecule has 0 heterocycles. The van der Waals surface area contributed by atoms with Gasteiger partial charge in [-0.2, -0.15) is 0 Å². The highest BCUT2D eigenvalue weighted by Crippen LogP contribution is 2.25. The fraction of sp³-hybridized carbons (Fsp3) is 0.562. The number of nitrogens with one attached hydrogen (secondary N) is 1. The number of carbonyl (C=O) groups is 1. The second-order valence-corrected chi connectivity index (χ2v) is 6.50. The minimum Gasteiger partial charge on any atom is -0.349 e. The van der Waals surface area contributed by atoms with Gasteiger partial charge in [-0.15, -0.1) is 11.6 Å². The first kappa shape index (κ1) is 16.0. The molecule has 106 valence electrons. The Morgan fingerprint density at radius 3 is 2.37 bits per heavy atom. The molecule has 0 fully saturated rings. The van der Waals surface area contributed by atoms with E-state index in [-0.39, 0.29) is 23.3 Å². The van der Waals surface area contributed by atoms with Crippen molar-refractivity contribution in [2.75, 3.05) is 5.88 Å². The Bertz CT molecular complexity index is 437. The molecule has 0 aliphatic carbocycles. The molecule has 1 amide bonds. The Morgan fingerprint density at radius 1 is 1.26 bits per heavy atom. The summed E-state index contributed by atoms with van der Waals surface area (Å²) in [7, 11) is 0. The van der Waals surface area contributed by atoms with Crippen LogP contribution >= 0.6 is 11.6 Å². The Kier molecular flexibility index (Phi) is 5.42. The molecule has 1 aromatic carbocycles. The largest absolute Gasteiger partial charge is 0.349 e. The third kappa shape index (κ3) is 4.24.